The van der Waals surface area contributed by atoms with E-state index in [9.17, 15) is 8.78 Å². The van der Waals surface area contributed by atoms with Gasteiger partial charge in [0.1, 0.15) is 5.71 Å². The highest BCUT2D eigenvalue weighted by molar-refractivity contribution is 7.98. The van der Waals surface area contributed by atoms with Crippen molar-refractivity contribution >= 4 is 29.2 Å². The van der Waals surface area contributed by atoms with Gasteiger partial charge in [0.25, 0.3) is 6.43 Å². The summed E-state index contributed by atoms with van der Waals surface area (Å²) in [5.74, 6) is 0. The SMILES string of the molecule is C=C(C)N1CCN(CCN(C)SN(Cc2ccc(C3=NN=C(C(F)F)C3)cc2)c2ccccc2)CC1. The molecule has 6 nitrogen and oxygen atoms in total. The van der Waals surface area contributed by atoms with Gasteiger partial charge in [0.05, 0.1) is 12.3 Å². The van der Waals surface area contributed by atoms with Gasteiger partial charge in [-0.1, -0.05) is 49.0 Å². The zero-order chi connectivity index (χ0) is 25.5. The number of para-hydroxylation sites is 1. The van der Waals surface area contributed by atoms with Gasteiger partial charge in [-0.25, -0.2) is 13.1 Å². The van der Waals surface area contributed by atoms with Gasteiger partial charge in [0.2, 0.25) is 0 Å². The quantitative estimate of drug-likeness (QED) is 0.389. The maximum atomic E-state index is 12.9. The molecule has 2 aromatic rings. The number of hydrogen-bond donors (Lipinski definition) is 0. The first-order chi connectivity index (χ1) is 17.4. The molecule has 0 saturated carbocycles. The van der Waals surface area contributed by atoms with Gasteiger partial charge in [0.15, 0.2) is 0 Å². The summed E-state index contributed by atoms with van der Waals surface area (Å²) in [7, 11) is 2.13. The predicted molar refractivity (Wildman–Crippen MR) is 147 cm³/mol. The van der Waals surface area contributed by atoms with E-state index >= 15 is 0 Å². The fraction of sp³-hybridized carbons (Fsp3) is 0.407. The normalized spacial score (nSPS) is 16.4. The van der Waals surface area contributed by atoms with E-state index in [4.69, 9.17) is 0 Å². The zero-order valence-electron chi connectivity index (χ0n) is 21.0. The van der Waals surface area contributed by atoms with Crippen LogP contribution < -0.4 is 4.31 Å². The van der Waals surface area contributed by atoms with Crippen molar-refractivity contribution in [3.05, 3.63) is 78.0 Å². The predicted octanol–water partition coefficient (Wildman–Crippen LogP) is 5.15. The number of anilines is 1. The molecule has 4 rings (SSSR count). The monoisotopic (exact) mass is 512 g/mol. The number of rotatable bonds is 11. The number of halogens is 2. The highest BCUT2D eigenvalue weighted by Gasteiger charge is 2.22. The second-order valence-electron chi connectivity index (χ2n) is 9.18. The maximum absolute atomic E-state index is 12.9. The van der Waals surface area contributed by atoms with E-state index in [2.05, 4.69) is 61.3 Å². The first-order valence-electron chi connectivity index (χ1n) is 12.2. The summed E-state index contributed by atoms with van der Waals surface area (Å²) < 4.78 is 30.3. The van der Waals surface area contributed by atoms with Crippen LogP contribution in [0.25, 0.3) is 0 Å². The minimum absolute atomic E-state index is 0.107. The van der Waals surface area contributed by atoms with Gasteiger partial charge >= 0.3 is 0 Å². The molecular weight excluding hydrogens is 478 g/mol. The van der Waals surface area contributed by atoms with Crippen LogP contribution in [0.3, 0.4) is 0 Å². The lowest BCUT2D eigenvalue weighted by Crippen LogP contribution is -2.47. The van der Waals surface area contributed by atoms with E-state index in [-0.39, 0.29) is 12.1 Å². The zero-order valence-corrected chi connectivity index (χ0v) is 21.8. The Bertz CT molecular complexity index is 1070. The Morgan fingerprint density at radius 1 is 1.03 bits per heavy atom. The van der Waals surface area contributed by atoms with Crippen LogP contribution in [0, 0.1) is 0 Å². The number of likely N-dealkylation sites (N-methyl/N-ethyl adjacent to an activating group) is 1. The summed E-state index contributed by atoms with van der Waals surface area (Å²) in [5.41, 5.74) is 4.67. The molecule has 0 aromatic heterocycles. The van der Waals surface area contributed by atoms with Gasteiger partial charge in [0, 0.05) is 69.2 Å². The Balaban J connectivity index is 1.33. The van der Waals surface area contributed by atoms with Gasteiger partial charge < -0.3 is 4.90 Å². The summed E-state index contributed by atoms with van der Waals surface area (Å²) in [6, 6.07) is 18.3. The maximum Gasteiger partial charge on any atom is 0.278 e. The third-order valence-corrected chi connectivity index (χ3v) is 7.44. The van der Waals surface area contributed by atoms with E-state index in [1.165, 1.54) is 0 Å². The van der Waals surface area contributed by atoms with Crippen LogP contribution in [0.1, 0.15) is 24.5 Å². The highest BCUT2D eigenvalue weighted by Crippen LogP contribution is 2.27. The van der Waals surface area contributed by atoms with Crippen molar-refractivity contribution in [2.45, 2.75) is 26.3 Å². The Hall–Kier alpha value is -2.75. The molecular formula is C27H34F2N6S. The van der Waals surface area contributed by atoms with Crippen LogP contribution in [0.15, 0.2) is 77.1 Å². The van der Waals surface area contributed by atoms with Crippen LogP contribution in [0.4, 0.5) is 14.5 Å². The van der Waals surface area contributed by atoms with Gasteiger partial charge in [-0.2, -0.15) is 10.2 Å². The standard InChI is InChI=1S/C27H34F2N6S/c1-21(2)34-17-15-33(16-18-34)14-13-32(3)36-35(24-7-5-4-6-8-24)20-22-9-11-23(12-10-22)25-19-26(27(28)29)31-30-25/h4-12,27H,1,13-20H2,2-3H3. The summed E-state index contributed by atoms with van der Waals surface area (Å²) >= 11 is 1.71. The molecule has 0 bridgehead atoms. The van der Waals surface area contributed by atoms with Crippen molar-refractivity contribution in [1.29, 1.82) is 0 Å². The molecule has 0 unspecified atom stereocenters. The molecule has 1 fully saturated rings. The van der Waals surface area contributed by atoms with Crippen molar-refractivity contribution in [2.24, 2.45) is 10.2 Å². The molecule has 0 amide bonds. The summed E-state index contributed by atoms with van der Waals surface area (Å²) in [4.78, 5) is 4.86. The molecule has 0 atom stereocenters. The summed E-state index contributed by atoms with van der Waals surface area (Å²) in [5, 5.41) is 7.58. The molecule has 1 saturated heterocycles. The largest absolute Gasteiger partial charge is 0.373 e. The molecule has 36 heavy (non-hydrogen) atoms. The van der Waals surface area contributed by atoms with Crippen molar-refractivity contribution in [1.82, 2.24) is 14.1 Å². The Labute approximate surface area is 217 Å². The molecule has 2 aliphatic rings. The van der Waals surface area contributed by atoms with Crippen LogP contribution in [0.2, 0.25) is 0 Å². The number of piperazine rings is 1. The van der Waals surface area contributed by atoms with Crippen LogP contribution in [-0.2, 0) is 6.54 Å². The topological polar surface area (TPSA) is 37.7 Å². The van der Waals surface area contributed by atoms with Crippen LogP contribution in [-0.4, -0.2) is 78.3 Å². The highest BCUT2D eigenvalue weighted by atomic mass is 32.2. The first kappa shape index (κ1) is 26.3. The number of alkyl halides is 2. The van der Waals surface area contributed by atoms with Crippen molar-refractivity contribution in [3.63, 3.8) is 0 Å². The Kier molecular flexibility index (Phi) is 9.12. The van der Waals surface area contributed by atoms with Crippen molar-refractivity contribution < 1.29 is 8.78 Å². The van der Waals surface area contributed by atoms with E-state index in [1.807, 2.05) is 42.5 Å². The average molecular weight is 513 g/mol. The van der Waals surface area contributed by atoms with Gasteiger partial charge in [-0.15, -0.1) is 0 Å². The second kappa shape index (κ2) is 12.5. The third-order valence-electron chi connectivity index (χ3n) is 6.44. The molecule has 0 N–H and O–H groups in total. The molecule has 192 valence electrons. The lowest BCUT2D eigenvalue weighted by Gasteiger charge is -2.37. The molecule has 0 spiro atoms. The fourth-order valence-electron chi connectivity index (χ4n) is 4.22. The van der Waals surface area contributed by atoms with Crippen molar-refractivity contribution in [2.75, 3.05) is 50.6 Å². The molecule has 2 heterocycles. The van der Waals surface area contributed by atoms with Crippen molar-refractivity contribution in [3.8, 4) is 0 Å². The summed E-state index contributed by atoms with van der Waals surface area (Å²) in [6.45, 7) is 13.0. The Morgan fingerprint density at radius 2 is 1.72 bits per heavy atom. The summed E-state index contributed by atoms with van der Waals surface area (Å²) in [6.07, 6.45) is -2.45. The fourth-order valence-corrected chi connectivity index (χ4v) is 5.14. The van der Waals surface area contributed by atoms with Crippen LogP contribution >= 0.6 is 12.1 Å². The lowest BCUT2D eigenvalue weighted by atomic mass is 10.0. The first-order valence-corrected chi connectivity index (χ1v) is 13.0. The Morgan fingerprint density at radius 3 is 2.33 bits per heavy atom. The average Bonchev–Trinajstić information content (AvgIpc) is 3.39. The smallest absolute Gasteiger partial charge is 0.278 e. The number of benzene rings is 2. The second-order valence-corrected chi connectivity index (χ2v) is 10.4. The molecule has 0 aliphatic carbocycles. The number of hydrogen-bond acceptors (Lipinski definition) is 7. The van der Waals surface area contributed by atoms with Crippen LogP contribution in [0.5, 0.6) is 0 Å². The molecule has 2 aliphatic heterocycles. The molecule has 9 heteroatoms. The van der Waals surface area contributed by atoms with E-state index in [1.54, 1.807) is 12.1 Å². The lowest BCUT2D eigenvalue weighted by molar-refractivity contribution is 0.156. The van der Waals surface area contributed by atoms with Gasteiger partial charge in [-0.3, -0.25) is 9.21 Å². The molecule has 2 aromatic carbocycles. The number of allylic oxidation sites excluding steroid dienone is 1. The van der Waals surface area contributed by atoms with E-state index < -0.39 is 6.43 Å². The van der Waals surface area contributed by atoms with E-state index in [0.29, 0.717) is 12.3 Å². The third kappa shape index (κ3) is 7.15. The van der Waals surface area contributed by atoms with E-state index in [0.717, 1.165) is 61.8 Å². The molecule has 0 radical (unpaired) electrons. The number of nitrogens with zero attached hydrogens (tertiary/aromatic N) is 6. The van der Waals surface area contributed by atoms with Gasteiger partial charge in [-0.05, 0) is 37.2 Å². The minimum Gasteiger partial charge on any atom is -0.373 e. The minimum atomic E-state index is -2.56.